The molecule has 140 valence electrons. The van der Waals surface area contributed by atoms with E-state index in [9.17, 15) is 9.59 Å². The average Bonchev–Trinajstić information content (AvgIpc) is 2.50. The van der Waals surface area contributed by atoms with Gasteiger partial charge in [0, 0.05) is 24.2 Å². The molecule has 1 fully saturated rings. The fourth-order valence-corrected chi connectivity index (χ4v) is 3.09. The first-order valence-electron chi connectivity index (χ1n) is 8.51. The third kappa shape index (κ3) is 6.84. The molecule has 0 bridgehead atoms. The zero-order chi connectivity index (χ0) is 17.7. The second-order valence-corrected chi connectivity index (χ2v) is 7.33. The van der Waals surface area contributed by atoms with Crippen molar-refractivity contribution < 1.29 is 9.59 Å². The standard InChI is InChI=1S/C18H26ClN3O2.ClH/c1-11(2)9-17(23)21-14-7-8-16(19)15(10-14)18(24)22-13-5-3-12(20)4-6-13;/h7-8,10-13H,3-6,9,20H2,1-2H3,(H,21,23)(H,22,24);1H. The average molecular weight is 388 g/mol. The molecule has 2 amide bonds. The zero-order valence-corrected chi connectivity index (χ0v) is 16.3. The number of benzene rings is 1. The van der Waals surface area contributed by atoms with E-state index in [1.165, 1.54) is 0 Å². The van der Waals surface area contributed by atoms with Crippen LogP contribution >= 0.6 is 24.0 Å². The minimum atomic E-state index is -0.208. The van der Waals surface area contributed by atoms with Crippen molar-refractivity contribution in [1.29, 1.82) is 0 Å². The van der Waals surface area contributed by atoms with E-state index >= 15 is 0 Å². The van der Waals surface area contributed by atoms with Gasteiger partial charge in [0.1, 0.15) is 0 Å². The molecule has 1 aromatic carbocycles. The summed E-state index contributed by atoms with van der Waals surface area (Å²) in [6.45, 7) is 3.97. The third-order valence-corrected chi connectivity index (χ3v) is 4.53. The molecule has 2 rings (SSSR count). The molecule has 7 heteroatoms. The van der Waals surface area contributed by atoms with Crippen molar-refractivity contribution in [3.8, 4) is 0 Å². The summed E-state index contributed by atoms with van der Waals surface area (Å²) in [4.78, 5) is 24.4. The van der Waals surface area contributed by atoms with E-state index in [-0.39, 0.29) is 42.2 Å². The van der Waals surface area contributed by atoms with Crippen LogP contribution in [0.4, 0.5) is 5.69 Å². The Kier molecular flexibility index (Phi) is 8.69. The maximum atomic E-state index is 12.5. The molecule has 1 aliphatic rings. The van der Waals surface area contributed by atoms with Crippen molar-refractivity contribution in [2.24, 2.45) is 11.7 Å². The van der Waals surface area contributed by atoms with Crippen LogP contribution in [0.15, 0.2) is 18.2 Å². The highest BCUT2D eigenvalue weighted by Crippen LogP contribution is 2.23. The van der Waals surface area contributed by atoms with E-state index in [4.69, 9.17) is 17.3 Å². The van der Waals surface area contributed by atoms with Gasteiger partial charge in [-0.2, -0.15) is 0 Å². The van der Waals surface area contributed by atoms with Crippen LogP contribution in [0.5, 0.6) is 0 Å². The fourth-order valence-electron chi connectivity index (χ4n) is 2.89. The van der Waals surface area contributed by atoms with Gasteiger partial charge in [-0.25, -0.2) is 0 Å². The van der Waals surface area contributed by atoms with Crippen LogP contribution in [0.2, 0.25) is 5.02 Å². The predicted octanol–water partition coefficient (Wildman–Crippen LogP) is 3.75. The van der Waals surface area contributed by atoms with Gasteiger partial charge in [0.05, 0.1) is 10.6 Å². The molecule has 0 atom stereocenters. The van der Waals surface area contributed by atoms with Crippen LogP contribution < -0.4 is 16.4 Å². The van der Waals surface area contributed by atoms with E-state index in [0.717, 1.165) is 25.7 Å². The first-order valence-corrected chi connectivity index (χ1v) is 8.88. The monoisotopic (exact) mass is 387 g/mol. The van der Waals surface area contributed by atoms with E-state index in [0.29, 0.717) is 22.7 Å². The van der Waals surface area contributed by atoms with Gasteiger partial charge in [-0.05, 0) is 49.8 Å². The molecule has 1 aliphatic carbocycles. The Morgan fingerprint density at radius 2 is 1.88 bits per heavy atom. The van der Waals surface area contributed by atoms with Crippen LogP contribution in [0.1, 0.15) is 56.3 Å². The molecule has 5 nitrogen and oxygen atoms in total. The topological polar surface area (TPSA) is 84.2 Å². The van der Waals surface area contributed by atoms with E-state index < -0.39 is 0 Å². The maximum absolute atomic E-state index is 12.5. The van der Waals surface area contributed by atoms with Gasteiger partial charge < -0.3 is 16.4 Å². The Hall–Kier alpha value is -1.30. The second kappa shape index (κ2) is 10.00. The van der Waals surface area contributed by atoms with Crippen LogP contribution in [0.3, 0.4) is 0 Å². The zero-order valence-electron chi connectivity index (χ0n) is 14.7. The maximum Gasteiger partial charge on any atom is 0.253 e. The number of hydrogen-bond donors (Lipinski definition) is 3. The van der Waals surface area contributed by atoms with Crippen molar-refractivity contribution in [2.75, 3.05) is 5.32 Å². The molecule has 0 radical (unpaired) electrons. The van der Waals surface area contributed by atoms with E-state index in [1.807, 2.05) is 13.8 Å². The third-order valence-electron chi connectivity index (χ3n) is 4.20. The number of nitrogens with two attached hydrogens (primary N) is 1. The van der Waals surface area contributed by atoms with Crippen LogP contribution in [-0.2, 0) is 4.79 Å². The van der Waals surface area contributed by atoms with Gasteiger partial charge in [0.15, 0.2) is 0 Å². The number of halogens is 2. The highest BCUT2D eigenvalue weighted by atomic mass is 35.5. The summed E-state index contributed by atoms with van der Waals surface area (Å²) in [5, 5.41) is 6.21. The minimum Gasteiger partial charge on any atom is -0.349 e. The molecule has 25 heavy (non-hydrogen) atoms. The molecule has 0 aliphatic heterocycles. The number of carbonyl (C=O) groups excluding carboxylic acids is 2. The fraction of sp³-hybridized carbons (Fsp3) is 0.556. The van der Waals surface area contributed by atoms with Gasteiger partial charge in [-0.3, -0.25) is 9.59 Å². The minimum absolute atomic E-state index is 0. The van der Waals surface area contributed by atoms with Crippen LogP contribution in [0.25, 0.3) is 0 Å². The lowest BCUT2D eigenvalue weighted by Gasteiger charge is -2.27. The van der Waals surface area contributed by atoms with Crippen molar-refractivity contribution >= 4 is 41.5 Å². The Balaban J connectivity index is 0.00000312. The normalized spacial score (nSPS) is 19.9. The first-order chi connectivity index (χ1) is 11.3. The molecule has 0 saturated heterocycles. The Bertz CT molecular complexity index is 600. The lowest BCUT2D eigenvalue weighted by atomic mass is 9.91. The highest BCUT2D eigenvalue weighted by molar-refractivity contribution is 6.34. The smallest absolute Gasteiger partial charge is 0.253 e. The Morgan fingerprint density at radius 1 is 1.24 bits per heavy atom. The number of hydrogen-bond acceptors (Lipinski definition) is 3. The molecule has 0 heterocycles. The molecular formula is C18H27Cl2N3O2. The summed E-state index contributed by atoms with van der Waals surface area (Å²) in [5.41, 5.74) is 6.86. The van der Waals surface area contributed by atoms with Gasteiger partial charge in [-0.1, -0.05) is 25.4 Å². The van der Waals surface area contributed by atoms with Crippen molar-refractivity contribution in [3.05, 3.63) is 28.8 Å². The lowest BCUT2D eigenvalue weighted by molar-refractivity contribution is -0.116. The summed E-state index contributed by atoms with van der Waals surface area (Å²) < 4.78 is 0. The van der Waals surface area contributed by atoms with Gasteiger partial charge in [0.2, 0.25) is 5.91 Å². The van der Waals surface area contributed by atoms with Crippen LogP contribution in [-0.4, -0.2) is 23.9 Å². The molecule has 4 N–H and O–H groups in total. The summed E-state index contributed by atoms with van der Waals surface area (Å²) in [6.07, 6.45) is 4.05. The summed E-state index contributed by atoms with van der Waals surface area (Å²) >= 11 is 6.16. The molecular weight excluding hydrogens is 361 g/mol. The highest BCUT2D eigenvalue weighted by Gasteiger charge is 2.21. The van der Waals surface area contributed by atoms with Crippen molar-refractivity contribution in [1.82, 2.24) is 5.32 Å². The molecule has 0 aromatic heterocycles. The van der Waals surface area contributed by atoms with Crippen molar-refractivity contribution in [2.45, 2.75) is 58.0 Å². The van der Waals surface area contributed by atoms with Gasteiger partial charge >= 0.3 is 0 Å². The van der Waals surface area contributed by atoms with Crippen LogP contribution in [0, 0.1) is 5.92 Å². The summed E-state index contributed by atoms with van der Waals surface area (Å²) in [7, 11) is 0. The Morgan fingerprint density at radius 3 is 2.48 bits per heavy atom. The van der Waals surface area contributed by atoms with Gasteiger partial charge in [-0.15, -0.1) is 12.4 Å². The lowest BCUT2D eigenvalue weighted by Crippen LogP contribution is -2.40. The number of anilines is 1. The molecule has 0 spiro atoms. The molecule has 0 unspecified atom stereocenters. The molecule has 1 aromatic rings. The number of nitrogens with one attached hydrogen (secondary N) is 2. The largest absolute Gasteiger partial charge is 0.349 e. The predicted molar refractivity (Wildman–Crippen MR) is 104 cm³/mol. The number of rotatable bonds is 5. The quantitative estimate of drug-likeness (QED) is 0.718. The summed E-state index contributed by atoms with van der Waals surface area (Å²) in [6, 6.07) is 5.34. The number of amides is 2. The molecule has 1 saturated carbocycles. The van der Waals surface area contributed by atoms with Gasteiger partial charge in [0.25, 0.3) is 5.91 Å². The number of carbonyl (C=O) groups is 2. The van der Waals surface area contributed by atoms with E-state index in [2.05, 4.69) is 10.6 Å². The van der Waals surface area contributed by atoms with E-state index in [1.54, 1.807) is 18.2 Å². The summed E-state index contributed by atoms with van der Waals surface area (Å²) in [5.74, 6) is -0.00174. The van der Waals surface area contributed by atoms with Crippen molar-refractivity contribution in [3.63, 3.8) is 0 Å². The Labute approximate surface area is 160 Å². The second-order valence-electron chi connectivity index (χ2n) is 6.93. The SMILES string of the molecule is CC(C)CC(=O)Nc1ccc(Cl)c(C(=O)NC2CCC(N)CC2)c1.Cl. The first kappa shape index (κ1) is 21.7.